The minimum atomic E-state index is 0.646. The Morgan fingerprint density at radius 1 is 1.24 bits per heavy atom. The molecular formula is C13H20N4. The molecule has 92 valence electrons. The van der Waals surface area contributed by atoms with Gasteiger partial charge in [0.25, 0.3) is 0 Å². The highest BCUT2D eigenvalue weighted by molar-refractivity contribution is 5.70. The summed E-state index contributed by atoms with van der Waals surface area (Å²) in [5, 5.41) is 3.35. The van der Waals surface area contributed by atoms with Gasteiger partial charge in [-0.05, 0) is 17.7 Å². The molecule has 0 bridgehead atoms. The molecule has 0 saturated carbocycles. The number of nitrogens with one attached hydrogen (secondary N) is 1. The Balaban J connectivity index is 2.17. The molecule has 0 fully saturated rings. The lowest BCUT2D eigenvalue weighted by Gasteiger charge is -2.26. The van der Waals surface area contributed by atoms with E-state index < -0.39 is 0 Å². The number of nitrogens with two attached hydrogens (primary N) is 2. The van der Waals surface area contributed by atoms with Crippen LogP contribution in [0.15, 0.2) is 24.4 Å². The van der Waals surface area contributed by atoms with E-state index in [9.17, 15) is 0 Å². The largest absolute Gasteiger partial charge is 0.383 e. The first-order valence-corrected chi connectivity index (χ1v) is 6.03. The zero-order valence-corrected chi connectivity index (χ0v) is 10.0. The van der Waals surface area contributed by atoms with Gasteiger partial charge in [-0.15, -0.1) is 0 Å². The summed E-state index contributed by atoms with van der Waals surface area (Å²) in [6.07, 6.45) is 4.26. The van der Waals surface area contributed by atoms with Crippen LogP contribution in [0, 0.1) is 0 Å². The molecule has 0 aliphatic carbocycles. The molecule has 4 heteroatoms. The van der Waals surface area contributed by atoms with Crippen LogP contribution in [0.1, 0.15) is 11.1 Å². The van der Waals surface area contributed by atoms with Crippen molar-refractivity contribution in [2.24, 2.45) is 11.5 Å². The van der Waals surface area contributed by atoms with Crippen LogP contribution in [0.5, 0.6) is 0 Å². The first-order chi connectivity index (χ1) is 8.35. The van der Waals surface area contributed by atoms with Crippen molar-refractivity contribution < 1.29 is 0 Å². The van der Waals surface area contributed by atoms with Crippen molar-refractivity contribution in [3.05, 3.63) is 35.5 Å². The summed E-state index contributed by atoms with van der Waals surface area (Å²) in [5.41, 5.74) is 14.9. The normalized spacial score (nSPS) is 13.6. The molecular weight excluding hydrogens is 212 g/mol. The van der Waals surface area contributed by atoms with E-state index in [0.717, 1.165) is 25.3 Å². The first kappa shape index (κ1) is 12.0. The second kappa shape index (κ2) is 5.70. The summed E-state index contributed by atoms with van der Waals surface area (Å²) in [4.78, 5) is 2.23. The molecule has 0 atom stereocenters. The van der Waals surface area contributed by atoms with Crippen LogP contribution in [0.2, 0.25) is 0 Å². The number of benzene rings is 1. The zero-order valence-electron chi connectivity index (χ0n) is 10.0. The first-order valence-electron chi connectivity index (χ1n) is 6.03. The van der Waals surface area contributed by atoms with E-state index in [1.165, 1.54) is 11.1 Å². The van der Waals surface area contributed by atoms with E-state index in [1.807, 2.05) is 0 Å². The minimum Gasteiger partial charge on any atom is -0.383 e. The molecule has 0 aromatic heterocycles. The Hall–Kier alpha value is -1.52. The van der Waals surface area contributed by atoms with Crippen LogP contribution in [-0.2, 0) is 6.54 Å². The molecule has 1 aliphatic rings. The van der Waals surface area contributed by atoms with Gasteiger partial charge in [-0.25, -0.2) is 0 Å². The average Bonchev–Trinajstić information content (AvgIpc) is 2.36. The molecule has 1 aliphatic heterocycles. The molecule has 1 heterocycles. The van der Waals surface area contributed by atoms with Crippen molar-refractivity contribution in [1.82, 2.24) is 4.90 Å². The van der Waals surface area contributed by atoms with Gasteiger partial charge in [0.2, 0.25) is 0 Å². The van der Waals surface area contributed by atoms with E-state index in [1.54, 1.807) is 0 Å². The molecule has 1 aromatic rings. The van der Waals surface area contributed by atoms with Gasteiger partial charge in [-0.3, -0.25) is 0 Å². The summed E-state index contributed by atoms with van der Waals surface area (Å²) in [7, 11) is 0. The van der Waals surface area contributed by atoms with Gasteiger partial charge in [0, 0.05) is 50.2 Å². The third-order valence-electron chi connectivity index (χ3n) is 2.90. The predicted octanol–water partition coefficient (Wildman–Crippen LogP) is 0.802. The van der Waals surface area contributed by atoms with E-state index >= 15 is 0 Å². The molecule has 17 heavy (non-hydrogen) atoms. The number of nitrogens with zero attached hydrogens (tertiary/aromatic N) is 1. The maximum Gasteiger partial charge on any atom is 0.0431 e. The number of hydrogen-bond donors (Lipinski definition) is 3. The van der Waals surface area contributed by atoms with E-state index in [4.69, 9.17) is 11.5 Å². The maximum atomic E-state index is 5.57. The zero-order chi connectivity index (χ0) is 12.1. The van der Waals surface area contributed by atoms with Crippen molar-refractivity contribution >= 4 is 11.8 Å². The molecule has 1 aromatic carbocycles. The standard InChI is InChI=1S/C13H20N4/c14-5-7-16-13-3-1-2-11-10-17(9-6-15)8-4-12(11)13/h1-4,8,16H,5-7,9-10,14-15H2. The van der Waals surface area contributed by atoms with E-state index in [2.05, 4.69) is 40.7 Å². The second-order valence-electron chi connectivity index (χ2n) is 4.17. The predicted molar refractivity (Wildman–Crippen MR) is 72.5 cm³/mol. The fourth-order valence-corrected chi connectivity index (χ4v) is 2.08. The Kier molecular flexibility index (Phi) is 4.01. The highest BCUT2D eigenvalue weighted by Crippen LogP contribution is 2.26. The fraction of sp³-hybridized carbons (Fsp3) is 0.385. The van der Waals surface area contributed by atoms with Gasteiger partial charge < -0.3 is 21.7 Å². The van der Waals surface area contributed by atoms with Gasteiger partial charge >= 0.3 is 0 Å². The topological polar surface area (TPSA) is 67.3 Å². The lowest BCUT2D eigenvalue weighted by atomic mass is 10.0. The van der Waals surface area contributed by atoms with Crippen molar-refractivity contribution in [3.8, 4) is 0 Å². The summed E-state index contributed by atoms with van der Waals surface area (Å²) in [6, 6.07) is 6.34. The van der Waals surface area contributed by atoms with Crippen molar-refractivity contribution in [1.29, 1.82) is 0 Å². The Morgan fingerprint density at radius 2 is 2.12 bits per heavy atom. The molecule has 4 nitrogen and oxygen atoms in total. The number of anilines is 1. The highest BCUT2D eigenvalue weighted by Gasteiger charge is 2.12. The van der Waals surface area contributed by atoms with Gasteiger partial charge in [-0.1, -0.05) is 12.1 Å². The summed E-state index contributed by atoms with van der Waals surface area (Å²) < 4.78 is 0. The van der Waals surface area contributed by atoms with E-state index in [0.29, 0.717) is 13.1 Å². The van der Waals surface area contributed by atoms with Gasteiger partial charge in [0.15, 0.2) is 0 Å². The van der Waals surface area contributed by atoms with Crippen molar-refractivity contribution in [2.45, 2.75) is 6.54 Å². The lowest BCUT2D eigenvalue weighted by Crippen LogP contribution is -2.26. The van der Waals surface area contributed by atoms with Crippen LogP contribution in [0.4, 0.5) is 5.69 Å². The second-order valence-corrected chi connectivity index (χ2v) is 4.17. The summed E-state index contributed by atoms with van der Waals surface area (Å²) >= 11 is 0. The smallest absolute Gasteiger partial charge is 0.0431 e. The Labute approximate surface area is 102 Å². The van der Waals surface area contributed by atoms with Crippen LogP contribution in [-0.4, -0.2) is 31.1 Å². The monoisotopic (exact) mass is 232 g/mol. The molecule has 0 saturated heterocycles. The van der Waals surface area contributed by atoms with Crippen molar-refractivity contribution in [3.63, 3.8) is 0 Å². The van der Waals surface area contributed by atoms with Crippen molar-refractivity contribution in [2.75, 3.05) is 31.5 Å². The summed E-state index contributed by atoms with van der Waals surface area (Å²) in [6.45, 7) is 3.96. The molecule has 5 N–H and O–H groups in total. The van der Waals surface area contributed by atoms with Crippen LogP contribution >= 0.6 is 0 Å². The molecule has 0 unspecified atom stereocenters. The van der Waals surface area contributed by atoms with Gasteiger partial charge in [0.05, 0.1) is 0 Å². The Bertz CT molecular complexity index is 400. The SMILES string of the molecule is NCCNc1cccc2c1C=CN(CCN)C2. The molecule has 2 rings (SSSR count). The number of rotatable bonds is 5. The highest BCUT2D eigenvalue weighted by atomic mass is 15.1. The summed E-state index contributed by atoms with van der Waals surface area (Å²) in [5.74, 6) is 0. The Morgan fingerprint density at radius 3 is 2.88 bits per heavy atom. The minimum absolute atomic E-state index is 0.646. The third kappa shape index (κ3) is 2.78. The van der Waals surface area contributed by atoms with Gasteiger partial charge in [-0.2, -0.15) is 0 Å². The number of fused-ring (bicyclic) bond motifs is 1. The van der Waals surface area contributed by atoms with Crippen LogP contribution < -0.4 is 16.8 Å². The van der Waals surface area contributed by atoms with E-state index in [-0.39, 0.29) is 0 Å². The molecule has 0 radical (unpaired) electrons. The third-order valence-corrected chi connectivity index (χ3v) is 2.90. The maximum absolute atomic E-state index is 5.57. The van der Waals surface area contributed by atoms with Crippen LogP contribution in [0.25, 0.3) is 6.08 Å². The molecule has 0 amide bonds. The average molecular weight is 232 g/mol. The lowest BCUT2D eigenvalue weighted by molar-refractivity contribution is 0.376. The number of hydrogen-bond acceptors (Lipinski definition) is 4. The van der Waals surface area contributed by atoms with Crippen LogP contribution in [0.3, 0.4) is 0 Å². The fourth-order valence-electron chi connectivity index (χ4n) is 2.08. The quantitative estimate of drug-likeness (QED) is 0.702. The molecule has 0 spiro atoms. The van der Waals surface area contributed by atoms with Gasteiger partial charge in [0.1, 0.15) is 0 Å².